The molecule has 0 spiro atoms. The van der Waals surface area contributed by atoms with E-state index in [9.17, 15) is 0 Å². The average molecular weight is 250 g/mol. The molecule has 0 N–H and O–H groups in total. The zero-order valence-corrected chi connectivity index (χ0v) is 12.1. The molecule has 0 saturated carbocycles. The van der Waals surface area contributed by atoms with E-state index in [1.54, 1.807) is 0 Å². The maximum absolute atomic E-state index is 2.35. The van der Waals surface area contributed by atoms with E-state index in [0.29, 0.717) is 5.92 Å². The van der Waals surface area contributed by atoms with Crippen molar-refractivity contribution in [3.8, 4) is 0 Å². The number of benzene rings is 2. The van der Waals surface area contributed by atoms with Gasteiger partial charge in [0.15, 0.2) is 0 Å². The standard InChI is InChI=1S/C19H22/c1-15-9-13-19(14-10-15)17(3)12-11-16(2)18-7-5-4-6-8-18/h4-10,12-14,16H,11H2,1-3H3/b17-12+. The molecule has 98 valence electrons. The lowest BCUT2D eigenvalue weighted by atomic mass is 9.95. The van der Waals surface area contributed by atoms with E-state index in [1.165, 1.54) is 22.3 Å². The molecule has 0 aliphatic carbocycles. The van der Waals surface area contributed by atoms with Crippen LogP contribution in [-0.2, 0) is 0 Å². The molecule has 0 amide bonds. The van der Waals surface area contributed by atoms with Gasteiger partial charge in [0.1, 0.15) is 0 Å². The Balaban J connectivity index is 2.04. The molecule has 0 aliphatic heterocycles. The lowest BCUT2D eigenvalue weighted by molar-refractivity contribution is 0.781. The van der Waals surface area contributed by atoms with Crippen molar-refractivity contribution in [3.05, 3.63) is 77.4 Å². The summed E-state index contributed by atoms with van der Waals surface area (Å²) in [5, 5.41) is 0. The molecule has 0 heterocycles. The molecule has 2 rings (SSSR count). The third kappa shape index (κ3) is 3.82. The maximum atomic E-state index is 2.35. The molecule has 1 atom stereocenters. The Morgan fingerprint density at radius 2 is 1.63 bits per heavy atom. The summed E-state index contributed by atoms with van der Waals surface area (Å²) in [7, 11) is 0. The first-order valence-electron chi connectivity index (χ1n) is 6.95. The summed E-state index contributed by atoms with van der Waals surface area (Å²) in [4.78, 5) is 0. The Kier molecular flexibility index (Phi) is 4.57. The Bertz CT molecular complexity index is 532. The molecule has 1 unspecified atom stereocenters. The van der Waals surface area contributed by atoms with Gasteiger partial charge in [-0.3, -0.25) is 0 Å². The van der Waals surface area contributed by atoms with Gasteiger partial charge in [0, 0.05) is 0 Å². The minimum Gasteiger partial charge on any atom is -0.0804 e. The van der Waals surface area contributed by atoms with Gasteiger partial charge in [-0.05, 0) is 42.9 Å². The third-order valence-electron chi connectivity index (χ3n) is 3.65. The maximum Gasteiger partial charge on any atom is -0.0156 e. The highest BCUT2D eigenvalue weighted by molar-refractivity contribution is 5.63. The van der Waals surface area contributed by atoms with Crippen LogP contribution in [0, 0.1) is 6.92 Å². The van der Waals surface area contributed by atoms with E-state index in [4.69, 9.17) is 0 Å². The van der Waals surface area contributed by atoms with Crippen LogP contribution in [0.1, 0.15) is 42.9 Å². The number of hydrogen-bond acceptors (Lipinski definition) is 0. The molecule has 2 aromatic carbocycles. The van der Waals surface area contributed by atoms with Crippen LogP contribution in [0.2, 0.25) is 0 Å². The third-order valence-corrected chi connectivity index (χ3v) is 3.65. The van der Waals surface area contributed by atoms with Crippen LogP contribution in [0.15, 0.2) is 60.7 Å². The number of aryl methyl sites for hydroxylation is 1. The van der Waals surface area contributed by atoms with Crippen molar-refractivity contribution in [3.63, 3.8) is 0 Å². The monoisotopic (exact) mass is 250 g/mol. The highest BCUT2D eigenvalue weighted by atomic mass is 14.1. The smallest absolute Gasteiger partial charge is 0.0156 e. The van der Waals surface area contributed by atoms with Gasteiger partial charge in [0.25, 0.3) is 0 Å². The minimum atomic E-state index is 0.571. The normalized spacial score (nSPS) is 13.3. The molecule has 0 bridgehead atoms. The molecule has 2 aromatic rings. The SMILES string of the molecule is C/C(=C\CC(C)c1ccccc1)c1ccc(C)cc1. The summed E-state index contributed by atoms with van der Waals surface area (Å²) >= 11 is 0. The summed E-state index contributed by atoms with van der Waals surface area (Å²) in [6, 6.07) is 19.5. The molecule has 0 aliphatic rings. The number of hydrogen-bond donors (Lipinski definition) is 0. The van der Waals surface area contributed by atoms with Gasteiger partial charge < -0.3 is 0 Å². The van der Waals surface area contributed by atoms with E-state index in [-0.39, 0.29) is 0 Å². The van der Waals surface area contributed by atoms with Crippen LogP contribution in [0.5, 0.6) is 0 Å². The predicted molar refractivity (Wildman–Crippen MR) is 84.3 cm³/mol. The van der Waals surface area contributed by atoms with E-state index < -0.39 is 0 Å². The van der Waals surface area contributed by atoms with Crippen LogP contribution >= 0.6 is 0 Å². The topological polar surface area (TPSA) is 0 Å². The van der Waals surface area contributed by atoms with Crippen LogP contribution < -0.4 is 0 Å². The minimum absolute atomic E-state index is 0.571. The first-order chi connectivity index (χ1) is 9.16. The largest absolute Gasteiger partial charge is 0.0804 e. The van der Waals surface area contributed by atoms with E-state index in [1.807, 2.05) is 0 Å². The highest BCUT2D eigenvalue weighted by Gasteiger charge is 2.03. The molecule has 0 fully saturated rings. The second-order valence-corrected chi connectivity index (χ2v) is 5.30. The van der Waals surface area contributed by atoms with Gasteiger partial charge in [0.2, 0.25) is 0 Å². The summed E-state index contributed by atoms with van der Waals surface area (Å²) < 4.78 is 0. The fourth-order valence-electron chi connectivity index (χ4n) is 2.21. The van der Waals surface area contributed by atoms with Crippen LogP contribution in [0.25, 0.3) is 5.57 Å². The fourth-order valence-corrected chi connectivity index (χ4v) is 2.21. The van der Waals surface area contributed by atoms with Gasteiger partial charge in [0.05, 0.1) is 0 Å². The van der Waals surface area contributed by atoms with Crippen molar-refractivity contribution >= 4 is 5.57 Å². The second-order valence-electron chi connectivity index (χ2n) is 5.30. The van der Waals surface area contributed by atoms with Gasteiger partial charge in [-0.2, -0.15) is 0 Å². The lowest BCUT2D eigenvalue weighted by Gasteiger charge is -2.10. The molecular formula is C19H22. The molecule has 0 heteroatoms. The predicted octanol–water partition coefficient (Wildman–Crippen LogP) is 5.59. The van der Waals surface area contributed by atoms with E-state index in [0.717, 1.165) is 6.42 Å². The van der Waals surface area contributed by atoms with Crippen molar-refractivity contribution in [2.75, 3.05) is 0 Å². The zero-order valence-electron chi connectivity index (χ0n) is 12.1. The van der Waals surface area contributed by atoms with Gasteiger partial charge in [-0.25, -0.2) is 0 Å². The van der Waals surface area contributed by atoms with Crippen molar-refractivity contribution in [2.45, 2.75) is 33.1 Å². The van der Waals surface area contributed by atoms with Gasteiger partial charge in [-0.15, -0.1) is 0 Å². The summed E-state index contributed by atoms with van der Waals surface area (Å²) in [5.41, 5.74) is 5.42. The Morgan fingerprint density at radius 3 is 2.26 bits per heavy atom. The first kappa shape index (κ1) is 13.6. The molecular weight excluding hydrogens is 228 g/mol. The zero-order chi connectivity index (χ0) is 13.7. The second kappa shape index (κ2) is 6.38. The molecule has 0 nitrogen and oxygen atoms in total. The van der Waals surface area contributed by atoms with Gasteiger partial charge >= 0.3 is 0 Å². The Labute approximate surface area is 116 Å². The molecule has 0 aromatic heterocycles. The molecule has 19 heavy (non-hydrogen) atoms. The van der Waals surface area contributed by atoms with Crippen LogP contribution in [-0.4, -0.2) is 0 Å². The highest BCUT2D eigenvalue weighted by Crippen LogP contribution is 2.22. The Morgan fingerprint density at radius 1 is 1.00 bits per heavy atom. The number of allylic oxidation sites excluding steroid dienone is 2. The average Bonchev–Trinajstić information content (AvgIpc) is 2.46. The van der Waals surface area contributed by atoms with Crippen molar-refractivity contribution in [2.24, 2.45) is 0 Å². The fraction of sp³-hybridized carbons (Fsp3) is 0.263. The summed E-state index contributed by atoms with van der Waals surface area (Å²) in [6.07, 6.45) is 3.44. The van der Waals surface area contributed by atoms with Crippen LogP contribution in [0.3, 0.4) is 0 Å². The van der Waals surface area contributed by atoms with E-state index in [2.05, 4.69) is 81.4 Å². The first-order valence-corrected chi connectivity index (χ1v) is 6.95. The summed E-state index contributed by atoms with van der Waals surface area (Å²) in [5.74, 6) is 0.571. The van der Waals surface area contributed by atoms with Crippen molar-refractivity contribution in [1.82, 2.24) is 0 Å². The van der Waals surface area contributed by atoms with E-state index >= 15 is 0 Å². The summed E-state index contributed by atoms with van der Waals surface area (Å²) in [6.45, 7) is 6.61. The van der Waals surface area contributed by atoms with Gasteiger partial charge in [-0.1, -0.05) is 73.2 Å². The lowest BCUT2D eigenvalue weighted by Crippen LogP contribution is -1.91. The number of rotatable bonds is 4. The van der Waals surface area contributed by atoms with Crippen molar-refractivity contribution in [1.29, 1.82) is 0 Å². The Hall–Kier alpha value is -1.82. The quantitative estimate of drug-likeness (QED) is 0.663. The van der Waals surface area contributed by atoms with Crippen LogP contribution in [0.4, 0.5) is 0 Å². The molecule has 0 saturated heterocycles. The molecule has 0 radical (unpaired) electrons. The van der Waals surface area contributed by atoms with Crippen molar-refractivity contribution < 1.29 is 0 Å².